The van der Waals surface area contributed by atoms with E-state index in [1.165, 1.54) is 24.0 Å². The number of fused-ring (bicyclic) bond motifs is 1. The quantitative estimate of drug-likeness (QED) is 0.816. The predicted octanol–water partition coefficient (Wildman–Crippen LogP) is 2.82. The van der Waals surface area contributed by atoms with Crippen molar-refractivity contribution in [3.63, 3.8) is 0 Å². The second-order valence-electron chi connectivity index (χ2n) is 4.79. The summed E-state index contributed by atoms with van der Waals surface area (Å²) in [5, 5.41) is 3.38. The molecule has 0 bridgehead atoms. The van der Waals surface area contributed by atoms with Crippen molar-refractivity contribution in [3.05, 3.63) is 35.4 Å². The van der Waals surface area contributed by atoms with Crippen LogP contribution < -0.4 is 5.32 Å². The molecule has 0 amide bonds. The molecule has 0 aliphatic heterocycles. The van der Waals surface area contributed by atoms with Crippen molar-refractivity contribution in [2.24, 2.45) is 5.41 Å². The third-order valence-corrected chi connectivity index (χ3v) is 3.79. The lowest BCUT2D eigenvalue weighted by Gasteiger charge is -2.31. The minimum atomic E-state index is 0. The molecule has 1 atom stereocenters. The highest BCUT2D eigenvalue weighted by atomic mass is 35.5. The zero-order valence-electron chi connectivity index (χ0n) is 9.71. The van der Waals surface area contributed by atoms with Crippen molar-refractivity contribution < 1.29 is 0 Å². The lowest BCUT2D eigenvalue weighted by molar-refractivity contribution is 0.253. The minimum Gasteiger partial charge on any atom is -0.317 e. The zero-order chi connectivity index (χ0) is 10.2. The fourth-order valence-corrected chi connectivity index (χ4v) is 2.49. The van der Waals surface area contributed by atoms with Gasteiger partial charge in [0.05, 0.1) is 0 Å². The fraction of sp³-hybridized carbons (Fsp3) is 0.538. The normalized spacial score (nSPS) is 19.1. The second kappa shape index (κ2) is 4.54. The molecule has 0 aromatic heterocycles. The second-order valence-corrected chi connectivity index (χ2v) is 4.79. The van der Waals surface area contributed by atoms with E-state index in [1.54, 1.807) is 0 Å². The number of hydrogen-bond donors (Lipinski definition) is 1. The molecule has 1 unspecified atom stereocenters. The minimum absolute atomic E-state index is 0. The maximum absolute atomic E-state index is 3.38. The Hall–Kier alpha value is -0.530. The molecule has 0 heterocycles. The first-order chi connectivity index (χ1) is 6.65. The van der Waals surface area contributed by atoms with E-state index < -0.39 is 0 Å². The average molecular weight is 226 g/mol. The SMILES string of the molecule is CNC(C)C1(C)Cc2ccccc2C1.Cl. The van der Waals surface area contributed by atoms with E-state index in [1.807, 2.05) is 0 Å². The Balaban J connectivity index is 0.00000112. The van der Waals surface area contributed by atoms with E-state index in [0.717, 1.165) is 0 Å². The third kappa shape index (κ3) is 2.19. The number of benzene rings is 1. The molecule has 0 spiro atoms. The molecule has 0 saturated carbocycles. The molecule has 1 aliphatic carbocycles. The summed E-state index contributed by atoms with van der Waals surface area (Å²) in [7, 11) is 2.05. The molecule has 2 heteroatoms. The molecule has 1 aliphatic rings. The molecular formula is C13H20ClN. The van der Waals surface area contributed by atoms with Crippen molar-refractivity contribution >= 4 is 12.4 Å². The Morgan fingerprint density at radius 1 is 1.20 bits per heavy atom. The summed E-state index contributed by atoms with van der Waals surface area (Å²) < 4.78 is 0. The number of nitrogens with one attached hydrogen (secondary N) is 1. The van der Waals surface area contributed by atoms with Crippen LogP contribution in [0.4, 0.5) is 0 Å². The van der Waals surface area contributed by atoms with Gasteiger partial charge in [-0.2, -0.15) is 0 Å². The number of rotatable bonds is 2. The van der Waals surface area contributed by atoms with Gasteiger partial charge < -0.3 is 5.32 Å². The molecule has 1 aromatic carbocycles. The van der Waals surface area contributed by atoms with Crippen LogP contribution in [0.2, 0.25) is 0 Å². The first kappa shape index (κ1) is 12.5. The largest absolute Gasteiger partial charge is 0.317 e. The maximum Gasteiger partial charge on any atom is 0.00959 e. The van der Waals surface area contributed by atoms with Crippen LogP contribution in [0, 0.1) is 5.41 Å². The van der Waals surface area contributed by atoms with Crippen molar-refractivity contribution in [3.8, 4) is 0 Å². The Morgan fingerprint density at radius 3 is 2.07 bits per heavy atom. The maximum atomic E-state index is 3.38. The molecule has 15 heavy (non-hydrogen) atoms. The Morgan fingerprint density at radius 2 is 1.67 bits per heavy atom. The first-order valence-electron chi connectivity index (χ1n) is 5.40. The fourth-order valence-electron chi connectivity index (χ4n) is 2.49. The lowest BCUT2D eigenvalue weighted by Crippen LogP contribution is -2.40. The summed E-state index contributed by atoms with van der Waals surface area (Å²) in [6.07, 6.45) is 2.43. The highest BCUT2D eigenvalue weighted by Gasteiger charge is 2.36. The summed E-state index contributed by atoms with van der Waals surface area (Å²) in [6.45, 7) is 4.67. The number of halogens is 1. The van der Waals surface area contributed by atoms with Gasteiger partial charge >= 0.3 is 0 Å². The molecule has 0 fully saturated rings. The van der Waals surface area contributed by atoms with Crippen LogP contribution in [0.25, 0.3) is 0 Å². The van der Waals surface area contributed by atoms with Crippen molar-refractivity contribution in [1.82, 2.24) is 5.32 Å². The van der Waals surface area contributed by atoms with Crippen LogP contribution in [0.5, 0.6) is 0 Å². The van der Waals surface area contributed by atoms with Gasteiger partial charge in [-0.25, -0.2) is 0 Å². The molecule has 0 saturated heterocycles. The van der Waals surface area contributed by atoms with E-state index in [-0.39, 0.29) is 12.4 Å². The highest BCUT2D eigenvalue weighted by molar-refractivity contribution is 5.85. The summed E-state index contributed by atoms with van der Waals surface area (Å²) in [4.78, 5) is 0. The molecular weight excluding hydrogens is 206 g/mol. The highest BCUT2D eigenvalue weighted by Crippen LogP contribution is 2.38. The zero-order valence-corrected chi connectivity index (χ0v) is 10.5. The topological polar surface area (TPSA) is 12.0 Å². The lowest BCUT2D eigenvalue weighted by atomic mass is 9.80. The van der Waals surface area contributed by atoms with Crippen LogP contribution in [-0.4, -0.2) is 13.1 Å². The summed E-state index contributed by atoms with van der Waals surface area (Å²) in [6, 6.07) is 9.41. The van der Waals surface area contributed by atoms with E-state index in [9.17, 15) is 0 Å². The number of hydrogen-bond acceptors (Lipinski definition) is 1. The van der Waals surface area contributed by atoms with Gasteiger partial charge in [0.2, 0.25) is 0 Å². The van der Waals surface area contributed by atoms with Crippen molar-refractivity contribution in [1.29, 1.82) is 0 Å². The van der Waals surface area contributed by atoms with Gasteiger partial charge in [0.15, 0.2) is 0 Å². The van der Waals surface area contributed by atoms with Gasteiger partial charge in [-0.3, -0.25) is 0 Å². The van der Waals surface area contributed by atoms with Crippen LogP contribution in [0.15, 0.2) is 24.3 Å². The van der Waals surface area contributed by atoms with Gasteiger partial charge in [-0.05, 0) is 43.4 Å². The van der Waals surface area contributed by atoms with Gasteiger partial charge in [-0.15, -0.1) is 12.4 Å². The molecule has 1 N–H and O–H groups in total. The molecule has 1 nitrogen and oxygen atoms in total. The van der Waals surface area contributed by atoms with Crippen LogP contribution >= 0.6 is 12.4 Å². The smallest absolute Gasteiger partial charge is 0.00959 e. The van der Waals surface area contributed by atoms with Gasteiger partial charge in [0.1, 0.15) is 0 Å². The summed E-state index contributed by atoms with van der Waals surface area (Å²) in [5.74, 6) is 0. The molecule has 1 aromatic rings. The standard InChI is InChI=1S/C13H19N.ClH/c1-10(14-3)13(2)8-11-6-4-5-7-12(11)9-13;/h4-7,10,14H,8-9H2,1-3H3;1H. The van der Waals surface area contributed by atoms with Gasteiger partial charge in [0, 0.05) is 6.04 Å². The molecule has 84 valence electrons. The summed E-state index contributed by atoms with van der Waals surface area (Å²) >= 11 is 0. The van der Waals surface area contributed by atoms with Crippen LogP contribution in [-0.2, 0) is 12.8 Å². The molecule has 0 radical (unpaired) electrons. The van der Waals surface area contributed by atoms with E-state index in [0.29, 0.717) is 11.5 Å². The predicted molar refractivity (Wildman–Crippen MR) is 67.7 cm³/mol. The van der Waals surface area contributed by atoms with Gasteiger partial charge in [-0.1, -0.05) is 31.2 Å². The first-order valence-corrected chi connectivity index (χ1v) is 5.40. The Kier molecular flexibility index (Phi) is 3.80. The van der Waals surface area contributed by atoms with Crippen molar-refractivity contribution in [2.75, 3.05) is 7.05 Å². The third-order valence-electron chi connectivity index (χ3n) is 3.79. The Labute approximate surface area is 98.7 Å². The van der Waals surface area contributed by atoms with E-state index in [2.05, 4.69) is 50.5 Å². The summed E-state index contributed by atoms with van der Waals surface area (Å²) in [5.41, 5.74) is 3.48. The Bertz CT molecular complexity index is 310. The van der Waals surface area contributed by atoms with Crippen LogP contribution in [0.1, 0.15) is 25.0 Å². The van der Waals surface area contributed by atoms with Crippen LogP contribution in [0.3, 0.4) is 0 Å². The van der Waals surface area contributed by atoms with Crippen molar-refractivity contribution in [2.45, 2.75) is 32.7 Å². The molecule has 2 rings (SSSR count). The van der Waals surface area contributed by atoms with E-state index >= 15 is 0 Å². The van der Waals surface area contributed by atoms with E-state index in [4.69, 9.17) is 0 Å². The average Bonchev–Trinajstić information content (AvgIpc) is 2.54. The monoisotopic (exact) mass is 225 g/mol. The van der Waals surface area contributed by atoms with Gasteiger partial charge in [0.25, 0.3) is 0 Å².